The predicted molar refractivity (Wildman–Crippen MR) is 107 cm³/mol. The molecule has 4 rings (SSSR count). The minimum absolute atomic E-state index is 0.153. The molecule has 0 unspecified atom stereocenters. The highest BCUT2D eigenvalue weighted by Gasteiger charge is 2.20. The Morgan fingerprint density at radius 3 is 2.88 bits per heavy atom. The predicted octanol–water partition coefficient (Wildman–Crippen LogP) is 6.70. The second kappa shape index (κ2) is 6.97. The van der Waals surface area contributed by atoms with Crippen LogP contribution in [0.15, 0.2) is 95.5 Å². The first-order valence-corrected chi connectivity index (χ1v) is 9.09. The van der Waals surface area contributed by atoms with Crippen LogP contribution in [0.2, 0.25) is 5.02 Å². The molecule has 0 saturated carbocycles. The Bertz CT molecular complexity index is 970. The van der Waals surface area contributed by atoms with Gasteiger partial charge < -0.3 is 4.90 Å². The third kappa shape index (κ3) is 3.13. The molecule has 2 aliphatic heterocycles. The van der Waals surface area contributed by atoms with E-state index in [2.05, 4.69) is 60.7 Å². The molecule has 130 valence electrons. The van der Waals surface area contributed by atoms with Gasteiger partial charge in [0.05, 0.1) is 5.02 Å². The Hall–Kier alpha value is -2.58. The lowest BCUT2D eigenvalue weighted by molar-refractivity contribution is 0.621. The molecule has 0 N–H and O–H groups in total. The van der Waals surface area contributed by atoms with Gasteiger partial charge in [0.1, 0.15) is 5.82 Å². The number of fused-ring (bicyclic) bond motifs is 1. The van der Waals surface area contributed by atoms with Crippen LogP contribution in [0.5, 0.6) is 0 Å². The fraction of sp³-hybridized carbons (Fsp3) is 0.130. The summed E-state index contributed by atoms with van der Waals surface area (Å²) >= 11 is 6.04. The van der Waals surface area contributed by atoms with E-state index in [-0.39, 0.29) is 5.02 Å². The molecule has 3 aliphatic rings. The van der Waals surface area contributed by atoms with Gasteiger partial charge >= 0.3 is 0 Å². The maximum Gasteiger partial charge on any atom is 0.141 e. The Morgan fingerprint density at radius 1 is 1.15 bits per heavy atom. The van der Waals surface area contributed by atoms with E-state index in [0.717, 1.165) is 29.6 Å². The molecule has 0 fully saturated rings. The van der Waals surface area contributed by atoms with E-state index in [1.807, 2.05) is 6.08 Å². The standard InChI is InChI=1S/C23H19ClFN/c1-16-13-18-7-5-6-12-26(18)15-21(16)20-9-4-2-3-8-19(20)17-10-11-23(25)22(24)14-17/h2-4,6-7,9-15H,5,8H2,1H3. The van der Waals surface area contributed by atoms with E-state index in [0.29, 0.717) is 0 Å². The van der Waals surface area contributed by atoms with Crippen molar-refractivity contribution >= 4 is 17.2 Å². The summed E-state index contributed by atoms with van der Waals surface area (Å²) in [5.41, 5.74) is 6.83. The largest absolute Gasteiger partial charge is 0.324 e. The fourth-order valence-electron chi connectivity index (χ4n) is 3.46. The van der Waals surface area contributed by atoms with Crippen molar-refractivity contribution in [3.05, 3.63) is 112 Å². The number of nitrogens with zero attached hydrogens (tertiary/aromatic N) is 1. The van der Waals surface area contributed by atoms with Crippen molar-refractivity contribution < 1.29 is 4.39 Å². The summed E-state index contributed by atoms with van der Waals surface area (Å²) in [4.78, 5) is 2.15. The Morgan fingerprint density at radius 2 is 2.04 bits per heavy atom. The van der Waals surface area contributed by atoms with Crippen LogP contribution in [0.3, 0.4) is 0 Å². The summed E-state index contributed by atoms with van der Waals surface area (Å²) in [5.74, 6) is -0.390. The van der Waals surface area contributed by atoms with Crippen molar-refractivity contribution in [2.24, 2.45) is 0 Å². The molecule has 0 radical (unpaired) electrons. The van der Waals surface area contributed by atoms with Crippen LogP contribution in [0.25, 0.3) is 5.57 Å². The minimum atomic E-state index is -0.390. The van der Waals surface area contributed by atoms with Gasteiger partial charge in [-0.15, -0.1) is 0 Å². The SMILES string of the molecule is CC1=CC2=CCC=CN2C=C1C1=C(c2ccc(F)c(Cl)c2)CC=CC=C1. The first-order valence-electron chi connectivity index (χ1n) is 8.71. The number of hydrogen-bond donors (Lipinski definition) is 0. The summed E-state index contributed by atoms with van der Waals surface area (Å²) in [6.07, 6.45) is 20.9. The lowest BCUT2D eigenvalue weighted by Crippen LogP contribution is -2.16. The maximum atomic E-state index is 13.6. The molecule has 0 aromatic heterocycles. The highest BCUT2D eigenvalue weighted by Crippen LogP contribution is 2.37. The van der Waals surface area contributed by atoms with Gasteiger partial charge in [0.2, 0.25) is 0 Å². The average Bonchev–Trinajstić information content (AvgIpc) is 2.89. The molecular weight excluding hydrogens is 345 g/mol. The van der Waals surface area contributed by atoms with Crippen molar-refractivity contribution in [1.29, 1.82) is 0 Å². The van der Waals surface area contributed by atoms with Crippen molar-refractivity contribution in [3.63, 3.8) is 0 Å². The van der Waals surface area contributed by atoms with E-state index in [4.69, 9.17) is 11.6 Å². The van der Waals surface area contributed by atoms with Crippen LogP contribution in [0, 0.1) is 5.82 Å². The van der Waals surface area contributed by atoms with Crippen LogP contribution in [-0.4, -0.2) is 4.90 Å². The average molecular weight is 364 g/mol. The summed E-state index contributed by atoms with van der Waals surface area (Å²) in [7, 11) is 0. The highest BCUT2D eigenvalue weighted by atomic mass is 35.5. The zero-order valence-electron chi connectivity index (χ0n) is 14.5. The van der Waals surface area contributed by atoms with Crippen LogP contribution >= 0.6 is 11.6 Å². The lowest BCUT2D eigenvalue weighted by atomic mass is 9.88. The van der Waals surface area contributed by atoms with Gasteiger partial charge in [-0.25, -0.2) is 4.39 Å². The topological polar surface area (TPSA) is 3.24 Å². The van der Waals surface area contributed by atoms with Gasteiger partial charge in [-0.3, -0.25) is 0 Å². The van der Waals surface area contributed by atoms with E-state index in [1.54, 1.807) is 12.1 Å². The number of benzene rings is 1. The van der Waals surface area contributed by atoms with Crippen LogP contribution < -0.4 is 0 Å². The maximum absolute atomic E-state index is 13.6. The second-order valence-electron chi connectivity index (χ2n) is 6.54. The lowest BCUT2D eigenvalue weighted by Gasteiger charge is -2.28. The summed E-state index contributed by atoms with van der Waals surface area (Å²) in [6, 6.07) is 4.96. The molecule has 1 aromatic carbocycles. The van der Waals surface area contributed by atoms with E-state index in [9.17, 15) is 4.39 Å². The van der Waals surface area contributed by atoms with Gasteiger partial charge in [-0.1, -0.05) is 54.1 Å². The summed E-state index contributed by atoms with van der Waals surface area (Å²) < 4.78 is 13.6. The molecule has 1 aliphatic carbocycles. The monoisotopic (exact) mass is 363 g/mol. The Labute approximate surface area is 158 Å². The quantitative estimate of drug-likeness (QED) is 0.565. The zero-order valence-corrected chi connectivity index (χ0v) is 15.3. The third-order valence-electron chi connectivity index (χ3n) is 4.80. The molecule has 0 bridgehead atoms. The van der Waals surface area contributed by atoms with Gasteiger partial charge in [0.15, 0.2) is 0 Å². The molecule has 26 heavy (non-hydrogen) atoms. The van der Waals surface area contributed by atoms with E-state index in [1.165, 1.54) is 22.9 Å². The first-order chi connectivity index (χ1) is 12.6. The Balaban J connectivity index is 1.86. The van der Waals surface area contributed by atoms with Crippen LogP contribution in [0.1, 0.15) is 25.3 Å². The summed E-state index contributed by atoms with van der Waals surface area (Å²) in [5, 5.41) is 0.153. The van der Waals surface area contributed by atoms with E-state index >= 15 is 0 Å². The second-order valence-corrected chi connectivity index (χ2v) is 6.95. The fourth-order valence-corrected chi connectivity index (χ4v) is 3.65. The molecule has 1 aromatic rings. The first kappa shape index (κ1) is 16.9. The third-order valence-corrected chi connectivity index (χ3v) is 5.09. The smallest absolute Gasteiger partial charge is 0.141 e. The van der Waals surface area contributed by atoms with Crippen LogP contribution in [0.4, 0.5) is 4.39 Å². The summed E-state index contributed by atoms with van der Waals surface area (Å²) in [6.45, 7) is 2.14. The number of halogens is 2. The van der Waals surface area contributed by atoms with Crippen LogP contribution in [-0.2, 0) is 0 Å². The van der Waals surface area contributed by atoms with E-state index < -0.39 is 5.82 Å². The Kier molecular flexibility index (Phi) is 4.52. The van der Waals surface area contributed by atoms with Crippen molar-refractivity contribution in [2.75, 3.05) is 0 Å². The number of rotatable bonds is 2. The molecule has 0 spiro atoms. The zero-order chi connectivity index (χ0) is 18.1. The minimum Gasteiger partial charge on any atom is -0.324 e. The molecule has 0 saturated heterocycles. The highest BCUT2D eigenvalue weighted by molar-refractivity contribution is 6.30. The molecule has 1 nitrogen and oxygen atoms in total. The molecule has 3 heteroatoms. The van der Waals surface area contributed by atoms with Crippen molar-refractivity contribution in [2.45, 2.75) is 19.8 Å². The molecule has 0 amide bonds. The van der Waals surface area contributed by atoms with Gasteiger partial charge in [-0.2, -0.15) is 0 Å². The van der Waals surface area contributed by atoms with Crippen molar-refractivity contribution in [3.8, 4) is 0 Å². The molecule has 0 atom stereocenters. The number of hydrogen-bond acceptors (Lipinski definition) is 1. The van der Waals surface area contributed by atoms with Crippen molar-refractivity contribution in [1.82, 2.24) is 4.90 Å². The molecule has 2 heterocycles. The van der Waals surface area contributed by atoms with Gasteiger partial charge in [0.25, 0.3) is 0 Å². The number of allylic oxidation sites excluding steroid dienone is 11. The van der Waals surface area contributed by atoms with Gasteiger partial charge in [0, 0.05) is 23.7 Å². The normalized spacial score (nSPS) is 19.0. The van der Waals surface area contributed by atoms with Gasteiger partial charge in [-0.05, 0) is 60.3 Å². The molecular formula is C23H19ClFN.